The summed E-state index contributed by atoms with van der Waals surface area (Å²) in [6.45, 7) is 1.68. The highest BCUT2D eigenvalue weighted by Crippen LogP contribution is 2.30. The van der Waals surface area contributed by atoms with E-state index in [9.17, 15) is 4.39 Å². The molecule has 0 aromatic heterocycles. The number of rotatable bonds is 3. The van der Waals surface area contributed by atoms with Crippen LogP contribution in [-0.4, -0.2) is 6.10 Å². The molecule has 3 N–H and O–H groups in total. The number of hydrazine groups is 1. The minimum Gasteiger partial charge on any atom is -0.476 e. The fourth-order valence-electron chi connectivity index (χ4n) is 0.955. The Kier molecular flexibility index (Phi) is 3.78. The zero-order chi connectivity index (χ0) is 11.4. The van der Waals surface area contributed by atoms with E-state index < -0.39 is 11.9 Å². The molecule has 1 atom stereocenters. The van der Waals surface area contributed by atoms with Crippen LogP contribution in [0.25, 0.3) is 0 Å². The van der Waals surface area contributed by atoms with Crippen LogP contribution in [0, 0.1) is 18.2 Å². The third-order valence-corrected chi connectivity index (χ3v) is 2.01. The minimum atomic E-state index is -0.553. The SMILES string of the molecule is C#CC(C)Oc1cc(NN)c(F)cc1Cl. The van der Waals surface area contributed by atoms with Crippen LogP contribution in [0.2, 0.25) is 5.02 Å². The number of terminal acetylenes is 1. The first-order valence-electron chi connectivity index (χ1n) is 4.17. The van der Waals surface area contributed by atoms with Crippen molar-refractivity contribution in [1.82, 2.24) is 0 Å². The number of anilines is 1. The summed E-state index contributed by atoms with van der Waals surface area (Å²) in [4.78, 5) is 0. The van der Waals surface area contributed by atoms with Crippen molar-refractivity contribution in [3.05, 3.63) is 23.0 Å². The monoisotopic (exact) mass is 228 g/mol. The number of benzene rings is 1. The van der Waals surface area contributed by atoms with Crippen LogP contribution in [0.5, 0.6) is 5.75 Å². The van der Waals surface area contributed by atoms with Gasteiger partial charge in [-0.1, -0.05) is 17.5 Å². The number of nitrogen functional groups attached to an aromatic ring is 1. The van der Waals surface area contributed by atoms with Crippen molar-refractivity contribution in [1.29, 1.82) is 0 Å². The number of nitrogens with one attached hydrogen (secondary N) is 1. The summed E-state index contributed by atoms with van der Waals surface area (Å²) in [5, 5.41) is 0.147. The molecule has 0 saturated carbocycles. The molecule has 0 amide bonds. The largest absolute Gasteiger partial charge is 0.476 e. The second kappa shape index (κ2) is 4.87. The molecule has 80 valence electrons. The van der Waals surface area contributed by atoms with Gasteiger partial charge in [-0.2, -0.15) is 0 Å². The van der Waals surface area contributed by atoms with Gasteiger partial charge in [-0.25, -0.2) is 4.39 Å². The summed E-state index contributed by atoms with van der Waals surface area (Å²) in [5.41, 5.74) is 2.28. The number of nitrogens with two attached hydrogens (primary N) is 1. The number of hydrogen-bond donors (Lipinski definition) is 2. The Morgan fingerprint density at radius 1 is 1.67 bits per heavy atom. The smallest absolute Gasteiger partial charge is 0.156 e. The van der Waals surface area contributed by atoms with Gasteiger partial charge in [-0.3, -0.25) is 5.84 Å². The van der Waals surface area contributed by atoms with Gasteiger partial charge in [0.05, 0.1) is 10.7 Å². The van der Waals surface area contributed by atoms with Crippen molar-refractivity contribution in [3.63, 3.8) is 0 Å². The Bertz CT molecular complexity index is 403. The molecule has 3 nitrogen and oxygen atoms in total. The van der Waals surface area contributed by atoms with E-state index in [1.165, 1.54) is 6.07 Å². The van der Waals surface area contributed by atoms with E-state index in [-0.39, 0.29) is 16.5 Å². The van der Waals surface area contributed by atoms with Crippen LogP contribution in [0.1, 0.15) is 6.92 Å². The van der Waals surface area contributed by atoms with Crippen molar-refractivity contribution in [3.8, 4) is 18.1 Å². The fourth-order valence-corrected chi connectivity index (χ4v) is 1.15. The lowest BCUT2D eigenvalue weighted by Crippen LogP contribution is -2.11. The van der Waals surface area contributed by atoms with Crippen LogP contribution >= 0.6 is 11.6 Å². The van der Waals surface area contributed by atoms with Crippen molar-refractivity contribution in [2.24, 2.45) is 5.84 Å². The van der Waals surface area contributed by atoms with E-state index in [1.807, 2.05) is 0 Å². The van der Waals surface area contributed by atoms with Gasteiger partial charge >= 0.3 is 0 Å². The van der Waals surface area contributed by atoms with Gasteiger partial charge in [0.25, 0.3) is 0 Å². The minimum absolute atomic E-state index is 0.0959. The molecule has 0 radical (unpaired) electrons. The van der Waals surface area contributed by atoms with Crippen molar-refractivity contribution in [2.75, 3.05) is 5.43 Å². The molecule has 0 aliphatic heterocycles. The van der Waals surface area contributed by atoms with Crippen LogP contribution in [0.15, 0.2) is 12.1 Å². The first-order chi connectivity index (χ1) is 7.08. The molecule has 1 aromatic carbocycles. The highest BCUT2D eigenvalue weighted by molar-refractivity contribution is 6.32. The first-order valence-corrected chi connectivity index (χ1v) is 4.54. The van der Waals surface area contributed by atoms with Crippen LogP contribution in [0.4, 0.5) is 10.1 Å². The zero-order valence-corrected chi connectivity index (χ0v) is 8.81. The van der Waals surface area contributed by atoms with Gasteiger partial charge in [-0.05, 0) is 13.0 Å². The molecule has 0 bridgehead atoms. The molecule has 1 rings (SSSR count). The Balaban J connectivity index is 3.03. The van der Waals surface area contributed by atoms with Gasteiger partial charge in [0.15, 0.2) is 6.10 Å². The topological polar surface area (TPSA) is 47.3 Å². The summed E-state index contributed by atoms with van der Waals surface area (Å²) >= 11 is 5.76. The zero-order valence-electron chi connectivity index (χ0n) is 8.05. The molecule has 0 spiro atoms. The summed E-state index contributed by atoms with van der Waals surface area (Å²) in [6.07, 6.45) is 4.69. The Morgan fingerprint density at radius 3 is 2.87 bits per heavy atom. The average molecular weight is 229 g/mol. The molecule has 15 heavy (non-hydrogen) atoms. The third kappa shape index (κ3) is 2.75. The molecule has 0 saturated heterocycles. The lowest BCUT2D eigenvalue weighted by atomic mass is 10.3. The maximum atomic E-state index is 13.1. The summed E-state index contributed by atoms with van der Waals surface area (Å²) in [6, 6.07) is 2.46. The van der Waals surface area contributed by atoms with E-state index >= 15 is 0 Å². The van der Waals surface area contributed by atoms with Crippen LogP contribution in [0.3, 0.4) is 0 Å². The lowest BCUT2D eigenvalue weighted by molar-refractivity contribution is 0.279. The highest BCUT2D eigenvalue weighted by Gasteiger charge is 2.10. The molecular formula is C10H10ClFN2O. The fraction of sp³-hybridized carbons (Fsp3) is 0.200. The molecular weight excluding hydrogens is 219 g/mol. The third-order valence-electron chi connectivity index (χ3n) is 1.72. The van der Waals surface area contributed by atoms with E-state index in [2.05, 4.69) is 11.3 Å². The number of ether oxygens (including phenoxy) is 1. The molecule has 1 unspecified atom stereocenters. The summed E-state index contributed by atoms with van der Waals surface area (Å²) in [5.74, 6) is 7.21. The molecule has 0 heterocycles. The van der Waals surface area contributed by atoms with E-state index in [1.54, 1.807) is 6.92 Å². The van der Waals surface area contributed by atoms with Crippen LogP contribution in [-0.2, 0) is 0 Å². The second-order valence-corrected chi connectivity index (χ2v) is 3.24. The molecule has 0 aliphatic carbocycles. The van der Waals surface area contributed by atoms with E-state index in [4.69, 9.17) is 28.6 Å². The van der Waals surface area contributed by atoms with Gasteiger partial charge in [0.2, 0.25) is 0 Å². The predicted molar refractivity (Wildman–Crippen MR) is 58.1 cm³/mol. The predicted octanol–water partition coefficient (Wildman–Crippen LogP) is 2.17. The van der Waals surface area contributed by atoms with Crippen molar-refractivity contribution < 1.29 is 9.13 Å². The summed E-state index contributed by atoms with van der Waals surface area (Å²) in [7, 11) is 0. The van der Waals surface area contributed by atoms with Crippen LogP contribution < -0.4 is 16.0 Å². The Hall–Kier alpha value is -1.44. The number of hydrogen-bond acceptors (Lipinski definition) is 3. The highest BCUT2D eigenvalue weighted by atomic mass is 35.5. The number of halogens is 2. The normalized spacial score (nSPS) is 11.7. The maximum Gasteiger partial charge on any atom is 0.156 e. The maximum absolute atomic E-state index is 13.1. The summed E-state index contributed by atoms with van der Waals surface area (Å²) < 4.78 is 18.4. The average Bonchev–Trinajstić information content (AvgIpc) is 2.21. The standard InChI is InChI=1S/C10H10ClFN2O/c1-3-6(2)15-10-5-9(14-13)8(12)4-7(10)11/h1,4-6,14H,13H2,2H3. The van der Waals surface area contributed by atoms with Gasteiger partial charge in [-0.15, -0.1) is 6.42 Å². The molecule has 0 fully saturated rings. The lowest BCUT2D eigenvalue weighted by Gasteiger charge is -2.12. The van der Waals surface area contributed by atoms with E-state index in [0.717, 1.165) is 6.07 Å². The Labute approximate surface area is 92.3 Å². The Morgan fingerprint density at radius 2 is 2.33 bits per heavy atom. The van der Waals surface area contributed by atoms with Crippen molar-refractivity contribution in [2.45, 2.75) is 13.0 Å². The van der Waals surface area contributed by atoms with Gasteiger partial charge in [0.1, 0.15) is 11.6 Å². The first kappa shape index (κ1) is 11.6. The molecule has 0 aliphatic rings. The second-order valence-electron chi connectivity index (χ2n) is 2.83. The quantitative estimate of drug-likeness (QED) is 0.474. The molecule has 5 heteroatoms. The van der Waals surface area contributed by atoms with Gasteiger partial charge < -0.3 is 10.2 Å². The van der Waals surface area contributed by atoms with Gasteiger partial charge in [0, 0.05) is 6.07 Å². The van der Waals surface area contributed by atoms with Crippen molar-refractivity contribution >= 4 is 17.3 Å². The van der Waals surface area contributed by atoms with E-state index in [0.29, 0.717) is 0 Å². The molecule has 1 aromatic rings.